The molecule has 2 aliphatic rings. The molecule has 19 heavy (non-hydrogen) atoms. The summed E-state index contributed by atoms with van der Waals surface area (Å²) in [5, 5.41) is 3.41. The van der Waals surface area contributed by atoms with Gasteiger partial charge >= 0.3 is 0 Å². The third-order valence-electron chi connectivity index (χ3n) is 4.45. The molecule has 0 radical (unpaired) electrons. The van der Waals surface area contributed by atoms with Gasteiger partial charge in [0.2, 0.25) is 5.91 Å². The number of benzene rings is 1. The van der Waals surface area contributed by atoms with E-state index in [0.717, 1.165) is 32.6 Å². The zero-order chi connectivity index (χ0) is 13.2. The number of amides is 1. The molecule has 2 unspecified atom stereocenters. The summed E-state index contributed by atoms with van der Waals surface area (Å²) in [7, 11) is 0. The fourth-order valence-electron chi connectivity index (χ4n) is 3.34. The first kappa shape index (κ1) is 12.7. The molecular formula is C16H22N2O. The van der Waals surface area contributed by atoms with E-state index >= 15 is 0 Å². The summed E-state index contributed by atoms with van der Waals surface area (Å²) in [5.74, 6) is 1.72. The predicted octanol–water partition coefficient (Wildman–Crippen LogP) is 1.61. The van der Waals surface area contributed by atoms with Crippen LogP contribution in [0.3, 0.4) is 0 Å². The highest BCUT2D eigenvalue weighted by Crippen LogP contribution is 2.26. The van der Waals surface area contributed by atoms with Gasteiger partial charge in [-0.25, -0.2) is 0 Å². The van der Waals surface area contributed by atoms with Crippen LogP contribution in [0.1, 0.15) is 17.5 Å². The Labute approximate surface area is 115 Å². The number of hydrogen-bond donors (Lipinski definition) is 1. The normalized spacial score (nSPS) is 25.6. The van der Waals surface area contributed by atoms with Crippen LogP contribution in [0.2, 0.25) is 0 Å². The van der Waals surface area contributed by atoms with Gasteiger partial charge in [-0.05, 0) is 30.7 Å². The molecule has 1 aromatic rings. The SMILES string of the molecule is Cc1cccc(CCC(=O)N2CC3CNCC3C2)c1. The summed E-state index contributed by atoms with van der Waals surface area (Å²) >= 11 is 0. The number of nitrogens with zero attached hydrogens (tertiary/aromatic N) is 1. The summed E-state index contributed by atoms with van der Waals surface area (Å²) < 4.78 is 0. The van der Waals surface area contributed by atoms with Crippen molar-refractivity contribution in [3.63, 3.8) is 0 Å². The molecule has 2 fully saturated rings. The fraction of sp³-hybridized carbons (Fsp3) is 0.562. The van der Waals surface area contributed by atoms with E-state index in [9.17, 15) is 4.79 Å². The van der Waals surface area contributed by atoms with E-state index in [-0.39, 0.29) is 0 Å². The second-order valence-corrected chi connectivity index (χ2v) is 5.97. The standard InChI is InChI=1S/C16H22N2O/c1-12-3-2-4-13(7-12)5-6-16(19)18-10-14-8-17-9-15(14)11-18/h2-4,7,14-15,17H,5-6,8-11H2,1H3. The van der Waals surface area contributed by atoms with Crippen LogP contribution in [-0.2, 0) is 11.2 Å². The molecule has 3 heteroatoms. The average molecular weight is 258 g/mol. The van der Waals surface area contributed by atoms with E-state index in [0.29, 0.717) is 24.2 Å². The molecule has 2 aliphatic heterocycles. The molecule has 0 aliphatic carbocycles. The van der Waals surface area contributed by atoms with Crippen LogP contribution < -0.4 is 5.32 Å². The van der Waals surface area contributed by atoms with Gasteiger partial charge in [0, 0.05) is 32.6 Å². The van der Waals surface area contributed by atoms with Gasteiger partial charge in [0.05, 0.1) is 0 Å². The van der Waals surface area contributed by atoms with Crippen LogP contribution in [0.15, 0.2) is 24.3 Å². The Kier molecular flexibility index (Phi) is 3.56. The second kappa shape index (κ2) is 5.33. The molecular weight excluding hydrogens is 236 g/mol. The molecule has 0 saturated carbocycles. The lowest BCUT2D eigenvalue weighted by Gasteiger charge is -2.17. The highest BCUT2D eigenvalue weighted by atomic mass is 16.2. The topological polar surface area (TPSA) is 32.3 Å². The third-order valence-corrected chi connectivity index (χ3v) is 4.45. The van der Waals surface area contributed by atoms with Crippen molar-refractivity contribution in [2.24, 2.45) is 11.8 Å². The van der Waals surface area contributed by atoms with Crippen molar-refractivity contribution in [3.05, 3.63) is 35.4 Å². The summed E-state index contributed by atoms with van der Waals surface area (Å²) in [5.41, 5.74) is 2.54. The first-order valence-electron chi connectivity index (χ1n) is 7.26. The smallest absolute Gasteiger partial charge is 0.222 e. The molecule has 0 aromatic heterocycles. The molecule has 2 heterocycles. The summed E-state index contributed by atoms with van der Waals surface area (Å²) in [6.07, 6.45) is 1.51. The van der Waals surface area contributed by atoms with E-state index in [1.54, 1.807) is 0 Å². The summed E-state index contributed by atoms with van der Waals surface area (Å²) in [6, 6.07) is 8.46. The van der Waals surface area contributed by atoms with Gasteiger partial charge in [0.15, 0.2) is 0 Å². The molecule has 0 spiro atoms. The molecule has 1 amide bonds. The van der Waals surface area contributed by atoms with E-state index in [1.165, 1.54) is 11.1 Å². The number of carbonyl (C=O) groups excluding carboxylic acids is 1. The Morgan fingerprint density at radius 2 is 2.05 bits per heavy atom. The summed E-state index contributed by atoms with van der Waals surface area (Å²) in [6.45, 7) is 6.20. The molecule has 2 saturated heterocycles. The molecule has 0 bridgehead atoms. The lowest BCUT2D eigenvalue weighted by Crippen LogP contribution is -2.31. The van der Waals surface area contributed by atoms with E-state index in [4.69, 9.17) is 0 Å². The maximum absolute atomic E-state index is 12.2. The number of fused-ring (bicyclic) bond motifs is 1. The van der Waals surface area contributed by atoms with Gasteiger partial charge in [0.1, 0.15) is 0 Å². The van der Waals surface area contributed by atoms with Crippen LogP contribution in [0.4, 0.5) is 0 Å². The lowest BCUT2D eigenvalue weighted by atomic mass is 10.0. The molecule has 1 aromatic carbocycles. The number of aryl methyl sites for hydroxylation is 2. The number of rotatable bonds is 3. The molecule has 1 N–H and O–H groups in total. The van der Waals surface area contributed by atoms with Crippen molar-refractivity contribution in [1.82, 2.24) is 10.2 Å². The number of carbonyl (C=O) groups is 1. The second-order valence-electron chi connectivity index (χ2n) is 5.97. The van der Waals surface area contributed by atoms with Crippen LogP contribution in [0, 0.1) is 18.8 Å². The first-order chi connectivity index (χ1) is 9.22. The number of nitrogens with one attached hydrogen (secondary N) is 1. The molecule has 102 valence electrons. The van der Waals surface area contributed by atoms with Gasteiger partial charge in [-0.15, -0.1) is 0 Å². The fourth-order valence-corrected chi connectivity index (χ4v) is 3.34. The van der Waals surface area contributed by atoms with Crippen molar-refractivity contribution in [2.45, 2.75) is 19.8 Å². The maximum atomic E-state index is 12.2. The predicted molar refractivity (Wildman–Crippen MR) is 75.9 cm³/mol. The van der Waals surface area contributed by atoms with Gasteiger partial charge in [-0.2, -0.15) is 0 Å². The van der Waals surface area contributed by atoms with Crippen LogP contribution in [0.25, 0.3) is 0 Å². The highest BCUT2D eigenvalue weighted by Gasteiger charge is 2.37. The summed E-state index contributed by atoms with van der Waals surface area (Å²) in [4.78, 5) is 14.3. The van der Waals surface area contributed by atoms with Gasteiger partial charge in [-0.1, -0.05) is 29.8 Å². The minimum atomic E-state index is 0.330. The Balaban J connectivity index is 1.52. The largest absolute Gasteiger partial charge is 0.342 e. The molecule has 3 rings (SSSR count). The Bertz CT molecular complexity index is 460. The number of likely N-dealkylation sites (tertiary alicyclic amines) is 1. The van der Waals surface area contributed by atoms with E-state index in [1.807, 2.05) is 0 Å². The van der Waals surface area contributed by atoms with E-state index < -0.39 is 0 Å². The Morgan fingerprint density at radius 3 is 2.74 bits per heavy atom. The highest BCUT2D eigenvalue weighted by molar-refractivity contribution is 5.76. The third kappa shape index (κ3) is 2.81. The monoisotopic (exact) mass is 258 g/mol. The van der Waals surface area contributed by atoms with E-state index in [2.05, 4.69) is 41.4 Å². The maximum Gasteiger partial charge on any atom is 0.222 e. The Hall–Kier alpha value is -1.35. The average Bonchev–Trinajstić information content (AvgIpc) is 2.96. The zero-order valence-corrected chi connectivity index (χ0v) is 11.6. The minimum Gasteiger partial charge on any atom is -0.342 e. The van der Waals surface area contributed by atoms with Crippen LogP contribution >= 0.6 is 0 Å². The Morgan fingerprint density at radius 1 is 1.32 bits per heavy atom. The number of hydrogen-bond acceptors (Lipinski definition) is 2. The molecule has 2 atom stereocenters. The lowest BCUT2D eigenvalue weighted by molar-refractivity contribution is -0.130. The van der Waals surface area contributed by atoms with Gasteiger partial charge < -0.3 is 10.2 Å². The van der Waals surface area contributed by atoms with Crippen LogP contribution in [0.5, 0.6) is 0 Å². The minimum absolute atomic E-state index is 0.330. The van der Waals surface area contributed by atoms with Crippen molar-refractivity contribution >= 4 is 5.91 Å². The van der Waals surface area contributed by atoms with Crippen molar-refractivity contribution in [3.8, 4) is 0 Å². The quantitative estimate of drug-likeness (QED) is 0.893. The molecule has 3 nitrogen and oxygen atoms in total. The van der Waals surface area contributed by atoms with Crippen molar-refractivity contribution < 1.29 is 4.79 Å². The van der Waals surface area contributed by atoms with Crippen LogP contribution in [-0.4, -0.2) is 37.0 Å². The first-order valence-corrected chi connectivity index (χ1v) is 7.26. The van der Waals surface area contributed by atoms with Crippen molar-refractivity contribution in [2.75, 3.05) is 26.2 Å². The zero-order valence-electron chi connectivity index (χ0n) is 11.6. The van der Waals surface area contributed by atoms with Gasteiger partial charge in [-0.3, -0.25) is 4.79 Å². The van der Waals surface area contributed by atoms with Gasteiger partial charge in [0.25, 0.3) is 0 Å². The van der Waals surface area contributed by atoms with Crippen molar-refractivity contribution in [1.29, 1.82) is 0 Å².